The van der Waals surface area contributed by atoms with Crippen molar-refractivity contribution < 1.29 is 14.3 Å². The van der Waals surface area contributed by atoms with Gasteiger partial charge >= 0.3 is 0 Å². The Hall–Kier alpha value is -2.14. The Morgan fingerprint density at radius 1 is 1.04 bits per heavy atom. The summed E-state index contributed by atoms with van der Waals surface area (Å²) < 4.78 is 11.6. The number of benzene rings is 2. The molecular formula is C21H25NO3S. The van der Waals surface area contributed by atoms with Crippen molar-refractivity contribution in [1.82, 2.24) is 4.90 Å². The van der Waals surface area contributed by atoms with Gasteiger partial charge in [0.15, 0.2) is 0 Å². The monoisotopic (exact) mass is 371 g/mol. The Morgan fingerprint density at radius 3 is 2.38 bits per heavy atom. The minimum atomic E-state index is -0.222. The van der Waals surface area contributed by atoms with Gasteiger partial charge in [-0.3, -0.25) is 4.79 Å². The summed E-state index contributed by atoms with van der Waals surface area (Å²) in [5, 5.41) is 0.0329. The first-order chi connectivity index (χ1) is 12.4. The van der Waals surface area contributed by atoms with Crippen LogP contribution in [0.5, 0.6) is 11.5 Å². The van der Waals surface area contributed by atoms with Crippen molar-refractivity contribution in [2.45, 2.75) is 31.7 Å². The molecule has 2 aromatic rings. The summed E-state index contributed by atoms with van der Waals surface area (Å²) in [6, 6.07) is 17.7. The van der Waals surface area contributed by atoms with E-state index in [0.717, 1.165) is 17.1 Å². The van der Waals surface area contributed by atoms with Gasteiger partial charge in [0.1, 0.15) is 29.1 Å². The average molecular weight is 372 g/mol. The molecule has 3 rings (SSSR count). The summed E-state index contributed by atoms with van der Waals surface area (Å²) in [6.07, 6.45) is 0. The lowest BCUT2D eigenvalue weighted by Gasteiger charge is -2.25. The Morgan fingerprint density at radius 2 is 1.73 bits per heavy atom. The predicted molar refractivity (Wildman–Crippen MR) is 106 cm³/mol. The molecule has 1 amide bonds. The molecule has 0 radical (unpaired) electrons. The van der Waals surface area contributed by atoms with Gasteiger partial charge in [0.05, 0.1) is 12.3 Å². The molecule has 1 aliphatic heterocycles. The molecule has 0 spiro atoms. The maximum absolute atomic E-state index is 12.3. The summed E-state index contributed by atoms with van der Waals surface area (Å²) in [4.78, 5) is 14.2. The van der Waals surface area contributed by atoms with Crippen molar-refractivity contribution in [2.75, 3.05) is 18.9 Å². The molecule has 0 N–H and O–H groups in total. The second-order valence-corrected chi connectivity index (χ2v) is 8.26. The second-order valence-electron chi connectivity index (χ2n) is 7.20. The molecule has 0 aliphatic carbocycles. The molecule has 5 heteroatoms. The van der Waals surface area contributed by atoms with Crippen molar-refractivity contribution in [2.24, 2.45) is 0 Å². The third-order valence-corrected chi connectivity index (χ3v) is 5.16. The minimum Gasteiger partial charge on any atom is -0.492 e. The fourth-order valence-corrected chi connectivity index (χ4v) is 4.02. The lowest BCUT2D eigenvalue weighted by molar-refractivity contribution is -0.128. The van der Waals surface area contributed by atoms with Crippen LogP contribution in [0.15, 0.2) is 54.6 Å². The average Bonchev–Trinajstić information content (AvgIpc) is 2.96. The van der Waals surface area contributed by atoms with Gasteiger partial charge in [-0.15, -0.1) is 11.8 Å². The van der Waals surface area contributed by atoms with Gasteiger partial charge in [-0.2, -0.15) is 0 Å². The molecule has 1 unspecified atom stereocenters. The van der Waals surface area contributed by atoms with E-state index in [9.17, 15) is 4.79 Å². The van der Waals surface area contributed by atoms with Crippen LogP contribution in [0.2, 0.25) is 0 Å². The highest BCUT2D eigenvalue weighted by Crippen LogP contribution is 2.39. The molecule has 0 saturated carbocycles. The Balaban J connectivity index is 1.61. The molecule has 1 atom stereocenters. The molecular weight excluding hydrogens is 346 g/mol. The normalized spacial score (nSPS) is 17.4. The van der Waals surface area contributed by atoms with Crippen LogP contribution in [0, 0.1) is 0 Å². The van der Waals surface area contributed by atoms with Crippen LogP contribution in [-0.4, -0.2) is 35.3 Å². The molecule has 1 aliphatic rings. The highest BCUT2D eigenvalue weighted by Gasteiger charge is 2.32. The van der Waals surface area contributed by atoms with Crippen LogP contribution in [0.25, 0.3) is 0 Å². The lowest BCUT2D eigenvalue weighted by Crippen LogP contribution is -2.32. The van der Waals surface area contributed by atoms with Crippen LogP contribution in [-0.2, 0) is 4.79 Å². The molecule has 138 valence electrons. The first-order valence-corrected chi connectivity index (χ1v) is 9.85. The number of rotatable bonds is 6. The lowest BCUT2D eigenvalue weighted by atomic mass is 10.1. The Kier molecular flexibility index (Phi) is 5.77. The van der Waals surface area contributed by atoms with E-state index in [2.05, 4.69) is 0 Å². The van der Waals surface area contributed by atoms with E-state index in [1.54, 1.807) is 11.8 Å². The number of amides is 1. The zero-order valence-corrected chi connectivity index (χ0v) is 16.3. The fourth-order valence-electron chi connectivity index (χ4n) is 2.80. The molecule has 0 bridgehead atoms. The highest BCUT2D eigenvalue weighted by atomic mass is 32.2. The number of carbonyl (C=O) groups excluding carboxylic acids is 1. The van der Waals surface area contributed by atoms with Gasteiger partial charge in [0.25, 0.3) is 0 Å². The van der Waals surface area contributed by atoms with E-state index in [4.69, 9.17) is 9.47 Å². The van der Waals surface area contributed by atoms with Crippen molar-refractivity contribution in [3.05, 3.63) is 60.2 Å². The number of nitrogens with zero attached hydrogens (tertiary/aromatic N) is 1. The van der Waals surface area contributed by atoms with Crippen LogP contribution in [0.1, 0.15) is 31.7 Å². The zero-order chi connectivity index (χ0) is 18.6. The number of thioether (sulfide) groups is 1. The highest BCUT2D eigenvalue weighted by molar-refractivity contribution is 8.00. The molecule has 1 fully saturated rings. The third kappa shape index (κ3) is 4.94. The van der Waals surface area contributed by atoms with E-state index in [0.29, 0.717) is 18.9 Å². The van der Waals surface area contributed by atoms with E-state index < -0.39 is 0 Å². The van der Waals surface area contributed by atoms with Crippen LogP contribution < -0.4 is 9.47 Å². The quantitative estimate of drug-likeness (QED) is 0.748. The Labute approximate surface area is 159 Å². The van der Waals surface area contributed by atoms with Gasteiger partial charge in [-0.25, -0.2) is 0 Å². The maximum Gasteiger partial charge on any atom is 0.233 e. The first-order valence-electron chi connectivity index (χ1n) is 8.80. The van der Waals surface area contributed by atoms with Gasteiger partial charge in [0, 0.05) is 0 Å². The van der Waals surface area contributed by atoms with Gasteiger partial charge < -0.3 is 14.4 Å². The number of hydrogen-bond acceptors (Lipinski definition) is 4. The molecule has 26 heavy (non-hydrogen) atoms. The summed E-state index contributed by atoms with van der Waals surface area (Å²) in [6.45, 7) is 7.15. The standard InChI is InChI=1S/C21H25NO3S/c1-21(2,3)25-18-11-9-16(10-12-18)20-22(19(23)15-26-20)13-14-24-17-7-5-4-6-8-17/h4-12,20H,13-15H2,1-3H3. The van der Waals surface area contributed by atoms with Crippen LogP contribution in [0.4, 0.5) is 0 Å². The van der Waals surface area contributed by atoms with E-state index >= 15 is 0 Å². The molecule has 4 nitrogen and oxygen atoms in total. The molecule has 1 saturated heterocycles. The molecule has 0 aromatic heterocycles. The summed E-state index contributed by atoms with van der Waals surface area (Å²) in [5.41, 5.74) is 0.891. The summed E-state index contributed by atoms with van der Waals surface area (Å²) in [5.74, 6) is 2.34. The number of ether oxygens (including phenoxy) is 2. The van der Waals surface area contributed by atoms with Crippen molar-refractivity contribution in [3.63, 3.8) is 0 Å². The SMILES string of the molecule is CC(C)(C)Oc1ccc(C2SCC(=O)N2CCOc2ccccc2)cc1. The maximum atomic E-state index is 12.3. The topological polar surface area (TPSA) is 38.8 Å². The first kappa shape index (κ1) is 18.6. The van der Waals surface area contributed by atoms with Crippen molar-refractivity contribution in [1.29, 1.82) is 0 Å². The number of para-hydroxylation sites is 1. The summed E-state index contributed by atoms with van der Waals surface area (Å²) >= 11 is 1.66. The van der Waals surface area contributed by atoms with E-state index in [1.807, 2.05) is 80.3 Å². The second kappa shape index (κ2) is 8.04. The fraction of sp³-hybridized carbons (Fsp3) is 0.381. The number of carbonyl (C=O) groups is 1. The third-order valence-electron chi connectivity index (χ3n) is 3.90. The minimum absolute atomic E-state index is 0.0329. The van der Waals surface area contributed by atoms with E-state index in [-0.39, 0.29) is 16.9 Å². The van der Waals surface area contributed by atoms with Crippen molar-refractivity contribution >= 4 is 17.7 Å². The van der Waals surface area contributed by atoms with E-state index in [1.165, 1.54) is 0 Å². The molecule has 1 heterocycles. The predicted octanol–water partition coefficient (Wildman–Crippen LogP) is 4.52. The number of hydrogen-bond donors (Lipinski definition) is 0. The van der Waals surface area contributed by atoms with Crippen LogP contribution >= 0.6 is 11.8 Å². The van der Waals surface area contributed by atoms with Gasteiger partial charge in [-0.1, -0.05) is 30.3 Å². The zero-order valence-electron chi connectivity index (χ0n) is 15.5. The van der Waals surface area contributed by atoms with Gasteiger partial charge in [0.2, 0.25) is 5.91 Å². The summed E-state index contributed by atoms with van der Waals surface area (Å²) in [7, 11) is 0. The largest absolute Gasteiger partial charge is 0.492 e. The smallest absolute Gasteiger partial charge is 0.233 e. The van der Waals surface area contributed by atoms with Gasteiger partial charge in [-0.05, 0) is 50.6 Å². The van der Waals surface area contributed by atoms with Crippen LogP contribution in [0.3, 0.4) is 0 Å². The Bertz CT molecular complexity index is 725. The van der Waals surface area contributed by atoms with Crippen molar-refractivity contribution in [3.8, 4) is 11.5 Å². The molecule has 2 aromatic carbocycles.